The zero-order valence-electron chi connectivity index (χ0n) is 11.7. The quantitative estimate of drug-likeness (QED) is 0.833. The van der Waals surface area contributed by atoms with Gasteiger partial charge in [-0.15, -0.1) is 0 Å². The van der Waals surface area contributed by atoms with Crippen molar-refractivity contribution in [1.82, 2.24) is 15.0 Å². The third-order valence-corrected chi connectivity index (χ3v) is 2.91. The van der Waals surface area contributed by atoms with Crippen LogP contribution < -0.4 is 0 Å². The van der Waals surface area contributed by atoms with E-state index < -0.39 is 0 Å². The summed E-state index contributed by atoms with van der Waals surface area (Å²) in [6.45, 7) is 9.79. The van der Waals surface area contributed by atoms with Gasteiger partial charge in [0.2, 0.25) is 0 Å². The molecule has 0 aliphatic carbocycles. The van der Waals surface area contributed by atoms with Crippen molar-refractivity contribution in [3.63, 3.8) is 0 Å². The van der Waals surface area contributed by atoms with E-state index in [1.54, 1.807) is 6.08 Å². The van der Waals surface area contributed by atoms with E-state index in [1.165, 1.54) is 0 Å². The molecule has 0 aromatic carbocycles. The van der Waals surface area contributed by atoms with Crippen LogP contribution in [0.25, 0.3) is 16.6 Å². The molecular formula is C16H19N3. The van der Waals surface area contributed by atoms with E-state index in [9.17, 15) is 0 Å². The summed E-state index contributed by atoms with van der Waals surface area (Å²) in [5.74, 6) is 0.800. The number of hydrogen-bond donors (Lipinski definition) is 1. The molecule has 98 valence electrons. The Balaban J connectivity index is 2.55. The van der Waals surface area contributed by atoms with Crippen molar-refractivity contribution in [2.75, 3.05) is 0 Å². The molecule has 0 radical (unpaired) electrons. The molecule has 1 N–H and O–H groups in total. The second-order valence-corrected chi connectivity index (χ2v) is 4.47. The molecule has 0 fully saturated rings. The lowest BCUT2D eigenvalue weighted by molar-refractivity contribution is 1.05. The van der Waals surface area contributed by atoms with E-state index in [-0.39, 0.29) is 0 Å². The Labute approximate surface area is 113 Å². The molecule has 0 amide bonds. The maximum atomic E-state index is 4.46. The molecular weight excluding hydrogens is 234 g/mol. The highest BCUT2D eigenvalue weighted by Crippen LogP contribution is 2.22. The molecule has 3 nitrogen and oxygen atoms in total. The van der Waals surface area contributed by atoms with Gasteiger partial charge < -0.3 is 4.98 Å². The fraction of sp³-hybridized carbons (Fsp3) is 0.250. The fourth-order valence-corrected chi connectivity index (χ4v) is 2.07. The van der Waals surface area contributed by atoms with Crippen LogP contribution in [0.2, 0.25) is 0 Å². The Morgan fingerprint density at radius 1 is 1.37 bits per heavy atom. The Hall–Kier alpha value is -2.16. The number of nitrogens with zero attached hydrogens (tertiary/aromatic N) is 2. The van der Waals surface area contributed by atoms with Crippen LogP contribution >= 0.6 is 0 Å². The molecule has 0 aliphatic heterocycles. The van der Waals surface area contributed by atoms with Gasteiger partial charge >= 0.3 is 0 Å². The van der Waals surface area contributed by atoms with Gasteiger partial charge in [-0.1, -0.05) is 37.8 Å². The number of rotatable bonds is 4. The predicted octanol–water partition coefficient (Wildman–Crippen LogP) is 4.11. The molecule has 0 saturated heterocycles. The lowest BCUT2D eigenvalue weighted by Gasteiger charge is -1.98. The maximum absolute atomic E-state index is 4.46. The maximum Gasteiger partial charge on any atom is 0.126 e. The molecule has 3 heteroatoms. The monoisotopic (exact) mass is 253 g/mol. The number of nitrogens with one attached hydrogen (secondary N) is 1. The topological polar surface area (TPSA) is 41.6 Å². The number of H-pyrrole nitrogens is 1. The first-order chi connectivity index (χ1) is 9.15. The van der Waals surface area contributed by atoms with Crippen molar-refractivity contribution in [3.8, 4) is 0 Å². The third-order valence-electron chi connectivity index (χ3n) is 2.91. The van der Waals surface area contributed by atoms with E-state index in [0.717, 1.165) is 40.2 Å². The first-order valence-electron chi connectivity index (χ1n) is 6.49. The van der Waals surface area contributed by atoms with Gasteiger partial charge in [-0.25, -0.2) is 9.97 Å². The minimum absolute atomic E-state index is 0.800. The van der Waals surface area contributed by atoms with Crippen LogP contribution in [0.3, 0.4) is 0 Å². The summed E-state index contributed by atoms with van der Waals surface area (Å²) in [5.41, 5.74) is 5.08. The average Bonchev–Trinajstić information content (AvgIpc) is 2.78. The molecule has 0 spiro atoms. The van der Waals surface area contributed by atoms with Crippen LogP contribution in [0.1, 0.15) is 30.6 Å². The van der Waals surface area contributed by atoms with Gasteiger partial charge in [0.15, 0.2) is 0 Å². The first kappa shape index (κ1) is 13.3. The van der Waals surface area contributed by atoms with Crippen LogP contribution in [0, 0.1) is 13.8 Å². The second kappa shape index (κ2) is 5.65. The lowest BCUT2D eigenvalue weighted by Crippen LogP contribution is -1.91. The van der Waals surface area contributed by atoms with Crippen molar-refractivity contribution in [2.24, 2.45) is 0 Å². The van der Waals surface area contributed by atoms with Gasteiger partial charge in [0.25, 0.3) is 0 Å². The zero-order valence-corrected chi connectivity index (χ0v) is 11.7. The molecule has 0 bridgehead atoms. The largest absolute Gasteiger partial charge is 0.352 e. The summed E-state index contributed by atoms with van der Waals surface area (Å²) in [6.07, 6.45) is 9.02. The molecule has 0 saturated carbocycles. The van der Waals surface area contributed by atoms with E-state index in [4.69, 9.17) is 0 Å². The zero-order chi connectivity index (χ0) is 13.8. The summed E-state index contributed by atoms with van der Waals surface area (Å²) in [7, 11) is 0. The highest BCUT2D eigenvalue weighted by molar-refractivity contribution is 5.85. The first-order valence-corrected chi connectivity index (χ1v) is 6.49. The normalized spacial score (nSPS) is 12.5. The van der Waals surface area contributed by atoms with E-state index in [0.29, 0.717) is 0 Å². The van der Waals surface area contributed by atoms with Gasteiger partial charge in [-0.2, -0.15) is 0 Å². The molecule has 0 unspecified atom stereocenters. The van der Waals surface area contributed by atoms with Crippen LogP contribution in [0.15, 0.2) is 36.9 Å². The highest BCUT2D eigenvalue weighted by Gasteiger charge is 2.08. The van der Waals surface area contributed by atoms with Gasteiger partial charge in [-0.05, 0) is 31.9 Å². The minimum atomic E-state index is 0.800. The number of fused-ring (bicyclic) bond motifs is 1. The summed E-state index contributed by atoms with van der Waals surface area (Å²) in [4.78, 5) is 12.2. The standard InChI is InChI=1S/C16H19N3/c1-5-7-9-13(8-6-2)14-10-15-16(19-14)11(3)17-12(4)18-15/h6-10,19H,2,5H2,1,3-4H3/b9-7-,13-8+. The van der Waals surface area contributed by atoms with Gasteiger partial charge in [0.05, 0.1) is 16.7 Å². The molecule has 2 aromatic heterocycles. The predicted molar refractivity (Wildman–Crippen MR) is 81.0 cm³/mol. The number of allylic oxidation sites excluding steroid dienone is 5. The van der Waals surface area contributed by atoms with Crippen molar-refractivity contribution in [1.29, 1.82) is 0 Å². The van der Waals surface area contributed by atoms with Gasteiger partial charge in [0, 0.05) is 5.69 Å². The van der Waals surface area contributed by atoms with Crippen molar-refractivity contribution in [3.05, 3.63) is 54.2 Å². The van der Waals surface area contributed by atoms with E-state index >= 15 is 0 Å². The SMILES string of the molecule is C=C/C=C(\C=C/CC)c1cc2nc(C)nc(C)c2[nH]1. The van der Waals surface area contributed by atoms with Crippen LogP contribution in [-0.2, 0) is 0 Å². The molecule has 0 atom stereocenters. The van der Waals surface area contributed by atoms with Crippen molar-refractivity contribution in [2.45, 2.75) is 27.2 Å². The smallest absolute Gasteiger partial charge is 0.126 e. The van der Waals surface area contributed by atoms with E-state index in [2.05, 4.69) is 46.7 Å². The third kappa shape index (κ3) is 2.81. The summed E-state index contributed by atoms with van der Waals surface area (Å²) in [5, 5.41) is 0. The molecule has 0 aliphatic rings. The Bertz CT molecular complexity index is 660. The Morgan fingerprint density at radius 3 is 2.84 bits per heavy atom. The second-order valence-electron chi connectivity index (χ2n) is 4.47. The summed E-state index contributed by atoms with van der Waals surface area (Å²) >= 11 is 0. The highest BCUT2D eigenvalue weighted by atomic mass is 14.9. The van der Waals surface area contributed by atoms with Crippen LogP contribution in [-0.4, -0.2) is 15.0 Å². The molecule has 19 heavy (non-hydrogen) atoms. The average molecular weight is 253 g/mol. The number of aryl methyl sites for hydroxylation is 2. The minimum Gasteiger partial charge on any atom is -0.352 e. The number of aromatic nitrogens is 3. The molecule has 2 aromatic rings. The lowest BCUT2D eigenvalue weighted by atomic mass is 10.1. The number of aromatic amines is 1. The van der Waals surface area contributed by atoms with Crippen LogP contribution in [0.5, 0.6) is 0 Å². The molecule has 2 heterocycles. The van der Waals surface area contributed by atoms with Gasteiger partial charge in [-0.3, -0.25) is 0 Å². The van der Waals surface area contributed by atoms with Crippen LogP contribution in [0.4, 0.5) is 0 Å². The summed E-state index contributed by atoms with van der Waals surface area (Å²) < 4.78 is 0. The Morgan fingerprint density at radius 2 is 2.16 bits per heavy atom. The fourth-order valence-electron chi connectivity index (χ4n) is 2.07. The van der Waals surface area contributed by atoms with Crippen molar-refractivity contribution >= 4 is 16.6 Å². The number of hydrogen-bond acceptors (Lipinski definition) is 2. The van der Waals surface area contributed by atoms with Gasteiger partial charge in [0.1, 0.15) is 5.82 Å². The summed E-state index contributed by atoms with van der Waals surface area (Å²) in [6, 6.07) is 2.06. The molecule has 2 rings (SSSR count). The Kier molecular flexibility index (Phi) is 3.95. The van der Waals surface area contributed by atoms with E-state index in [1.807, 2.05) is 19.9 Å². The van der Waals surface area contributed by atoms with Crippen molar-refractivity contribution < 1.29 is 0 Å².